The molecule has 0 fully saturated rings. The van der Waals surface area contributed by atoms with Gasteiger partial charge in [0.2, 0.25) is 0 Å². The lowest BCUT2D eigenvalue weighted by molar-refractivity contribution is 0.0743. The maximum atomic E-state index is 10.0. The third-order valence-corrected chi connectivity index (χ3v) is 3.21. The van der Waals surface area contributed by atoms with E-state index in [9.17, 15) is 5.11 Å². The smallest absolute Gasteiger partial charge is 0.119 e. The van der Waals surface area contributed by atoms with E-state index in [2.05, 4.69) is 4.98 Å². The van der Waals surface area contributed by atoms with Crippen LogP contribution in [0.5, 0.6) is 5.75 Å². The molecular weight excluding hydrogens is 288 g/mol. The van der Waals surface area contributed by atoms with Crippen LogP contribution in [-0.2, 0) is 6.54 Å². The molecule has 2 rings (SSSR count). The molecule has 1 N–H and O–H groups in total. The third-order valence-electron chi connectivity index (χ3n) is 2.95. The highest BCUT2D eigenvalue weighted by molar-refractivity contribution is 6.30. The summed E-state index contributed by atoms with van der Waals surface area (Å²) < 4.78 is 5.53. The highest BCUT2D eigenvalue weighted by Gasteiger charge is 2.09. The molecule has 1 atom stereocenters. The van der Waals surface area contributed by atoms with E-state index < -0.39 is 6.10 Å². The zero-order chi connectivity index (χ0) is 15.1. The second-order valence-electron chi connectivity index (χ2n) is 4.98. The Bertz CT molecular complexity index is 534. The highest BCUT2D eigenvalue weighted by Crippen LogP contribution is 2.15. The number of aliphatic hydroxyl groups excluding tert-OH is 1. The Kier molecular flexibility index (Phi) is 5.99. The molecule has 1 aromatic heterocycles. The van der Waals surface area contributed by atoms with Gasteiger partial charge in [-0.25, -0.2) is 0 Å². The molecule has 0 aliphatic carbocycles. The molecule has 0 saturated heterocycles. The average Bonchev–Trinajstić information content (AvgIpc) is 2.47. The van der Waals surface area contributed by atoms with Gasteiger partial charge in [0.05, 0.1) is 0 Å². The number of rotatable bonds is 7. The van der Waals surface area contributed by atoms with Crippen LogP contribution in [0.3, 0.4) is 0 Å². The van der Waals surface area contributed by atoms with Crippen LogP contribution < -0.4 is 4.74 Å². The van der Waals surface area contributed by atoms with E-state index in [1.807, 2.05) is 30.3 Å². The van der Waals surface area contributed by atoms with Gasteiger partial charge >= 0.3 is 0 Å². The fraction of sp³-hybridized carbons (Fsp3) is 0.312. The van der Waals surface area contributed by atoms with Crippen LogP contribution in [0.15, 0.2) is 48.8 Å². The number of halogens is 1. The minimum absolute atomic E-state index is 0.249. The summed E-state index contributed by atoms with van der Waals surface area (Å²) in [6.07, 6.45) is 3.02. The average molecular weight is 307 g/mol. The molecule has 0 amide bonds. The minimum atomic E-state index is -0.553. The molecule has 1 aromatic carbocycles. The van der Waals surface area contributed by atoms with Crippen molar-refractivity contribution in [3.63, 3.8) is 0 Å². The first-order chi connectivity index (χ1) is 10.1. The molecule has 1 unspecified atom stereocenters. The van der Waals surface area contributed by atoms with Gasteiger partial charge in [0.25, 0.3) is 0 Å². The minimum Gasteiger partial charge on any atom is -0.491 e. The zero-order valence-corrected chi connectivity index (χ0v) is 12.7. The molecule has 5 heteroatoms. The number of likely N-dealkylation sites (N-methyl/N-ethyl adjacent to an activating group) is 1. The molecule has 21 heavy (non-hydrogen) atoms. The summed E-state index contributed by atoms with van der Waals surface area (Å²) >= 11 is 5.80. The second kappa shape index (κ2) is 7.98. The van der Waals surface area contributed by atoms with Crippen LogP contribution in [0.25, 0.3) is 0 Å². The van der Waals surface area contributed by atoms with Crippen LogP contribution in [0.4, 0.5) is 0 Å². The Labute approximate surface area is 130 Å². The lowest BCUT2D eigenvalue weighted by Crippen LogP contribution is -2.32. The van der Waals surface area contributed by atoms with Crippen molar-refractivity contribution in [1.29, 1.82) is 0 Å². The molecule has 4 nitrogen and oxygen atoms in total. The number of aliphatic hydroxyl groups is 1. The first-order valence-electron chi connectivity index (χ1n) is 6.77. The van der Waals surface area contributed by atoms with E-state index in [0.717, 1.165) is 12.1 Å². The predicted octanol–water partition coefficient (Wildman–Crippen LogP) is 2.61. The Morgan fingerprint density at radius 3 is 2.71 bits per heavy atom. The number of benzene rings is 1. The summed E-state index contributed by atoms with van der Waals surface area (Å²) in [7, 11) is 1.96. The topological polar surface area (TPSA) is 45.6 Å². The van der Waals surface area contributed by atoms with Gasteiger partial charge in [0, 0.05) is 30.5 Å². The number of aromatic nitrogens is 1. The van der Waals surface area contributed by atoms with Crippen molar-refractivity contribution >= 4 is 11.6 Å². The lowest BCUT2D eigenvalue weighted by atomic mass is 10.2. The van der Waals surface area contributed by atoms with E-state index in [0.29, 0.717) is 17.3 Å². The maximum absolute atomic E-state index is 10.0. The molecule has 0 saturated carbocycles. The van der Waals surface area contributed by atoms with Crippen molar-refractivity contribution in [1.82, 2.24) is 9.88 Å². The van der Waals surface area contributed by atoms with Crippen molar-refractivity contribution < 1.29 is 9.84 Å². The van der Waals surface area contributed by atoms with E-state index in [1.54, 1.807) is 30.5 Å². The number of hydrogen-bond donors (Lipinski definition) is 1. The van der Waals surface area contributed by atoms with Crippen LogP contribution in [-0.4, -0.2) is 41.3 Å². The van der Waals surface area contributed by atoms with Crippen LogP contribution >= 0.6 is 11.6 Å². The van der Waals surface area contributed by atoms with Crippen molar-refractivity contribution in [2.75, 3.05) is 20.2 Å². The van der Waals surface area contributed by atoms with Gasteiger partial charge in [0.1, 0.15) is 18.5 Å². The van der Waals surface area contributed by atoms with Gasteiger partial charge in [0.15, 0.2) is 0 Å². The number of pyridine rings is 1. The molecule has 0 aliphatic rings. The molecule has 2 aromatic rings. The molecule has 0 bridgehead atoms. The van der Waals surface area contributed by atoms with Gasteiger partial charge in [-0.05, 0) is 42.9 Å². The molecular formula is C16H19ClN2O2. The fourth-order valence-electron chi connectivity index (χ4n) is 2.00. The predicted molar refractivity (Wildman–Crippen MR) is 83.5 cm³/mol. The van der Waals surface area contributed by atoms with Crippen LogP contribution in [0, 0.1) is 0 Å². The first kappa shape index (κ1) is 15.8. The quantitative estimate of drug-likeness (QED) is 0.854. The monoisotopic (exact) mass is 306 g/mol. The number of hydrogen-bond acceptors (Lipinski definition) is 4. The van der Waals surface area contributed by atoms with Crippen LogP contribution in [0.1, 0.15) is 5.56 Å². The van der Waals surface area contributed by atoms with Crippen molar-refractivity contribution in [2.24, 2.45) is 0 Å². The molecule has 0 aliphatic heterocycles. The molecule has 0 spiro atoms. The Morgan fingerprint density at radius 1 is 1.29 bits per heavy atom. The van der Waals surface area contributed by atoms with Crippen molar-refractivity contribution in [3.8, 4) is 5.75 Å². The lowest BCUT2D eigenvalue weighted by Gasteiger charge is -2.20. The summed E-state index contributed by atoms with van der Waals surface area (Å²) in [6.45, 7) is 1.52. The van der Waals surface area contributed by atoms with Gasteiger partial charge in [-0.3, -0.25) is 9.88 Å². The van der Waals surface area contributed by atoms with E-state index in [4.69, 9.17) is 16.3 Å². The summed E-state index contributed by atoms with van der Waals surface area (Å²) in [5, 5.41) is 10.7. The van der Waals surface area contributed by atoms with Crippen molar-refractivity contribution in [2.45, 2.75) is 12.6 Å². The largest absolute Gasteiger partial charge is 0.491 e. The summed E-state index contributed by atoms with van der Waals surface area (Å²) in [5.74, 6) is 0.702. The SMILES string of the molecule is CN(Cc1cccnc1)CC(O)COc1ccc(Cl)cc1. The van der Waals surface area contributed by atoms with Gasteiger partial charge in [-0.1, -0.05) is 17.7 Å². The van der Waals surface area contributed by atoms with Crippen LogP contribution in [0.2, 0.25) is 5.02 Å². The van der Waals surface area contributed by atoms with Gasteiger partial charge in [-0.2, -0.15) is 0 Å². The Morgan fingerprint density at radius 2 is 2.05 bits per heavy atom. The standard InChI is InChI=1S/C16H19ClN2O2/c1-19(10-13-3-2-8-18-9-13)11-15(20)12-21-16-6-4-14(17)5-7-16/h2-9,15,20H,10-12H2,1H3. The molecule has 0 radical (unpaired) electrons. The number of ether oxygens (including phenoxy) is 1. The summed E-state index contributed by atoms with van der Waals surface area (Å²) in [4.78, 5) is 6.11. The molecule has 112 valence electrons. The third kappa shape index (κ3) is 5.71. The zero-order valence-electron chi connectivity index (χ0n) is 11.9. The van der Waals surface area contributed by atoms with E-state index in [-0.39, 0.29) is 6.61 Å². The van der Waals surface area contributed by atoms with E-state index in [1.165, 1.54) is 0 Å². The number of nitrogens with zero attached hydrogens (tertiary/aromatic N) is 2. The summed E-state index contributed by atoms with van der Waals surface area (Å²) in [6, 6.07) is 11.0. The second-order valence-corrected chi connectivity index (χ2v) is 5.41. The van der Waals surface area contributed by atoms with Gasteiger partial charge in [-0.15, -0.1) is 0 Å². The normalized spacial score (nSPS) is 12.4. The maximum Gasteiger partial charge on any atom is 0.119 e. The Balaban J connectivity index is 1.73. The molecule has 1 heterocycles. The highest BCUT2D eigenvalue weighted by atomic mass is 35.5. The Hall–Kier alpha value is -1.62. The summed E-state index contributed by atoms with van der Waals surface area (Å²) in [5.41, 5.74) is 1.12. The first-order valence-corrected chi connectivity index (χ1v) is 7.15. The van der Waals surface area contributed by atoms with Gasteiger partial charge < -0.3 is 9.84 Å². The van der Waals surface area contributed by atoms with E-state index >= 15 is 0 Å². The fourth-order valence-corrected chi connectivity index (χ4v) is 2.13. The van der Waals surface area contributed by atoms with Crippen molar-refractivity contribution in [3.05, 3.63) is 59.4 Å².